The zero-order valence-corrected chi connectivity index (χ0v) is 9.18. The van der Waals surface area contributed by atoms with Gasteiger partial charge >= 0.3 is 0 Å². The van der Waals surface area contributed by atoms with Gasteiger partial charge in [-0.2, -0.15) is 5.10 Å². The first kappa shape index (κ1) is 10.9. The largest absolute Gasteiger partial charge is 0.394 e. The Morgan fingerprint density at radius 1 is 1.75 bits per heavy atom. The topological polar surface area (TPSA) is 67.2 Å². The second-order valence-corrected chi connectivity index (χ2v) is 4.21. The van der Waals surface area contributed by atoms with Crippen LogP contribution in [0.5, 0.6) is 0 Å². The molecule has 0 aliphatic heterocycles. The Hall–Kier alpha value is -1.62. The summed E-state index contributed by atoms with van der Waals surface area (Å²) in [5.74, 6) is -0.171. The van der Waals surface area contributed by atoms with Crippen molar-refractivity contribution in [3.63, 3.8) is 0 Å². The highest BCUT2D eigenvalue weighted by atomic mass is 16.3. The Morgan fingerprint density at radius 3 is 3.00 bits per heavy atom. The van der Waals surface area contributed by atoms with Crippen molar-refractivity contribution < 1.29 is 9.90 Å². The van der Waals surface area contributed by atoms with Gasteiger partial charge in [-0.05, 0) is 18.9 Å². The van der Waals surface area contributed by atoms with Crippen LogP contribution in [0.25, 0.3) is 6.08 Å². The first-order chi connectivity index (χ1) is 7.63. The molecule has 1 aliphatic rings. The minimum absolute atomic E-state index is 0.0134. The van der Waals surface area contributed by atoms with Crippen LogP contribution < -0.4 is 5.32 Å². The molecule has 0 bridgehead atoms. The average molecular weight is 221 g/mol. The van der Waals surface area contributed by atoms with Crippen LogP contribution in [0.2, 0.25) is 0 Å². The van der Waals surface area contributed by atoms with E-state index in [1.165, 1.54) is 6.08 Å². The predicted octanol–water partition coefficient (Wildman–Crippen LogP) is 0.0744. The van der Waals surface area contributed by atoms with E-state index in [0.29, 0.717) is 0 Å². The zero-order chi connectivity index (χ0) is 11.6. The van der Waals surface area contributed by atoms with Crippen LogP contribution in [0.1, 0.15) is 18.4 Å². The van der Waals surface area contributed by atoms with Crippen molar-refractivity contribution >= 4 is 12.0 Å². The number of carbonyl (C=O) groups excluding carboxylic acids is 1. The fraction of sp³-hybridized carbons (Fsp3) is 0.455. The molecule has 1 amide bonds. The fourth-order valence-electron chi connectivity index (χ4n) is 1.47. The second-order valence-electron chi connectivity index (χ2n) is 4.21. The lowest BCUT2D eigenvalue weighted by Crippen LogP contribution is -2.38. The summed E-state index contributed by atoms with van der Waals surface area (Å²) in [6.07, 6.45) is 8.39. The quantitative estimate of drug-likeness (QED) is 0.707. The SMILES string of the molecule is Cn1cc(/C=C/C(=O)NC2(CO)CC2)cn1. The molecule has 5 nitrogen and oxygen atoms in total. The summed E-state index contributed by atoms with van der Waals surface area (Å²) in [6, 6.07) is 0. The summed E-state index contributed by atoms with van der Waals surface area (Å²) in [4.78, 5) is 11.5. The number of amides is 1. The molecule has 0 atom stereocenters. The normalized spacial score (nSPS) is 17.6. The van der Waals surface area contributed by atoms with Crippen molar-refractivity contribution in [1.29, 1.82) is 0 Å². The number of hydrogen-bond donors (Lipinski definition) is 2. The Bertz CT molecular complexity index is 419. The average Bonchev–Trinajstić information content (AvgIpc) is 2.91. The van der Waals surface area contributed by atoms with Gasteiger partial charge in [0.1, 0.15) is 0 Å². The molecule has 1 aliphatic carbocycles. The third-order valence-electron chi connectivity index (χ3n) is 2.70. The van der Waals surface area contributed by atoms with Crippen molar-refractivity contribution in [3.05, 3.63) is 24.0 Å². The number of nitrogens with zero attached hydrogens (tertiary/aromatic N) is 2. The van der Waals surface area contributed by atoms with Crippen LogP contribution >= 0.6 is 0 Å². The van der Waals surface area contributed by atoms with Gasteiger partial charge in [0.05, 0.1) is 18.3 Å². The Balaban J connectivity index is 1.90. The summed E-state index contributed by atoms with van der Waals surface area (Å²) in [6.45, 7) is 0.0134. The Kier molecular flexibility index (Phi) is 2.78. The molecule has 1 aromatic rings. The number of nitrogens with one attached hydrogen (secondary N) is 1. The van der Waals surface area contributed by atoms with E-state index in [4.69, 9.17) is 5.11 Å². The Labute approximate surface area is 93.8 Å². The number of hydrogen-bond acceptors (Lipinski definition) is 3. The molecule has 2 rings (SSSR count). The molecule has 0 unspecified atom stereocenters. The third-order valence-corrected chi connectivity index (χ3v) is 2.70. The lowest BCUT2D eigenvalue weighted by atomic mass is 10.2. The van der Waals surface area contributed by atoms with E-state index in [2.05, 4.69) is 10.4 Å². The molecule has 86 valence electrons. The van der Waals surface area contributed by atoms with Crippen molar-refractivity contribution in [1.82, 2.24) is 15.1 Å². The molecule has 0 radical (unpaired) electrons. The van der Waals surface area contributed by atoms with Gasteiger partial charge in [-0.25, -0.2) is 0 Å². The predicted molar refractivity (Wildman–Crippen MR) is 59.4 cm³/mol. The highest BCUT2D eigenvalue weighted by Gasteiger charge is 2.42. The number of carbonyl (C=O) groups is 1. The molecule has 0 spiro atoms. The summed E-state index contributed by atoms with van der Waals surface area (Å²) < 4.78 is 1.67. The van der Waals surface area contributed by atoms with Crippen molar-refractivity contribution in [3.8, 4) is 0 Å². The first-order valence-corrected chi connectivity index (χ1v) is 5.23. The summed E-state index contributed by atoms with van der Waals surface area (Å²) in [5.41, 5.74) is 0.530. The number of aromatic nitrogens is 2. The molecule has 16 heavy (non-hydrogen) atoms. The van der Waals surface area contributed by atoms with Gasteiger partial charge in [-0.3, -0.25) is 9.48 Å². The zero-order valence-electron chi connectivity index (χ0n) is 9.18. The number of rotatable bonds is 4. The molecule has 2 N–H and O–H groups in total. The van der Waals surface area contributed by atoms with Gasteiger partial charge in [0.25, 0.3) is 0 Å². The van der Waals surface area contributed by atoms with E-state index in [1.807, 2.05) is 13.2 Å². The smallest absolute Gasteiger partial charge is 0.244 e. The lowest BCUT2D eigenvalue weighted by molar-refractivity contribution is -0.117. The fourth-order valence-corrected chi connectivity index (χ4v) is 1.47. The number of aryl methyl sites for hydroxylation is 1. The summed E-state index contributed by atoms with van der Waals surface area (Å²) in [7, 11) is 1.82. The van der Waals surface area contributed by atoms with Gasteiger partial charge in [0, 0.05) is 24.9 Å². The van der Waals surface area contributed by atoms with E-state index in [9.17, 15) is 4.79 Å². The van der Waals surface area contributed by atoms with Crippen LogP contribution in [0.15, 0.2) is 18.5 Å². The minimum Gasteiger partial charge on any atom is -0.394 e. The number of aliphatic hydroxyl groups is 1. The van der Waals surface area contributed by atoms with Crippen molar-refractivity contribution in [2.75, 3.05) is 6.61 Å². The minimum atomic E-state index is -0.351. The van der Waals surface area contributed by atoms with Crippen LogP contribution in [0.4, 0.5) is 0 Å². The molecule has 1 saturated carbocycles. The maximum Gasteiger partial charge on any atom is 0.244 e. The lowest BCUT2D eigenvalue weighted by Gasteiger charge is -2.11. The van der Waals surface area contributed by atoms with E-state index in [0.717, 1.165) is 18.4 Å². The van der Waals surface area contributed by atoms with Crippen molar-refractivity contribution in [2.24, 2.45) is 7.05 Å². The van der Waals surface area contributed by atoms with Gasteiger partial charge < -0.3 is 10.4 Å². The Morgan fingerprint density at radius 2 is 2.50 bits per heavy atom. The summed E-state index contributed by atoms with van der Waals surface area (Å²) >= 11 is 0. The molecule has 1 fully saturated rings. The van der Waals surface area contributed by atoms with Gasteiger partial charge in [0.15, 0.2) is 0 Å². The third kappa shape index (κ3) is 2.49. The standard InChI is InChI=1S/C11H15N3O2/c1-14-7-9(6-12-14)2-3-10(16)13-11(8-15)4-5-11/h2-3,6-7,15H,4-5,8H2,1H3,(H,13,16)/b3-2+. The maximum absolute atomic E-state index is 11.5. The van der Waals surface area contributed by atoms with Gasteiger partial charge in [-0.15, -0.1) is 0 Å². The molecule has 0 saturated heterocycles. The van der Waals surface area contributed by atoms with Gasteiger partial charge in [-0.1, -0.05) is 0 Å². The monoisotopic (exact) mass is 221 g/mol. The molecule has 1 aromatic heterocycles. The summed E-state index contributed by atoms with van der Waals surface area (Å²) in [5, 5.41) is 15.8. The van der Waals surface area contributed by atoms with Crippen LogP contribution in [-0.4, -0.2) is 32.9 Å². The number of aliphatic hydroxyl groups excluding tert-OH is 1. The highest BCUT2D eigenvalue weighted by molar-refractivity contribution is 5.92. The van der Waals surface area contributed by atoms with Crippen LogP contribution in [-0.2, 0) is 11.8 Å². The van der Waals surface area contributed by atoms with Gasteiger partial charge in [0.2, 0.25) is 5.91 Å². The highest BCUT2D eigenvalue weighted by Crippen LogP contribution is 2.34. The van der Waals surface area contributed by atoms with E-state index in [-0.39, 0.29) is 18.1 Å². The first-order valence-electron chi connectivity index (χ1n) is 5.23. The van der Waals surface area contributed by atoms with Crippen molar-refractivity contribution in [2.45, 2.75) is 18.4 Å². The molecular formula is C11H15N3O2. The van der Waals surface area contributed by atoms with E-state index in [1.54, 1.807) is 17.0 Å². The molecule has 1 heterocycles. The van der Waals surface area contributed by atoms with E-state index >= 15 is 0 Å². The second kappa shape index (κ2) is 4.09. The van der Waals surface area contributed by atoms with Crippen LogP contribution in [0.3, 0.4) is 0 Å². The maximum atomic E-state index is 11.5. The molecule has 0 aromatic carbocycles. The molecule has 5 heteroatoms. The van der Waals surface area contributed by atoms with Crippen LogP contribution in [0, 0.1) is 0 Å². The van der Waals surface area contributed by atoms with E-state index < -0.39 is 0 Å². The molecular weight excluding hydrogens is 206 g/mol.